The molecule has 11 nitrogen and oxygen atoms in total. The van der Waals surface area contributed by atoms with Crippen LogP contribution in [0.2, 0.25) is 0 Å². The number of fused-ring (bicyclic) bond motifs is 1. The number of nitrogens with one attached hydrogen (secondary N) is 1. The maximum Gasteiger partial charge on any atom is 0.224 e. The number of aliphatic hydroxyl groups excluding tert-OH is 3. The summed E-state index contributed by atoms with van der Waals surface area (Å²) < 4.78 is 7.03. The summed E-state index contributed by atoms with van der Waals surface area (Å²) in [5, 5.41) is 32.8. The summed E-state index contributed by atoms with van der Waals surface area (Å²) in [6, 6.07) is 7.60. The van der Waals surface area contributed by atoms with Gasteiger partial charge in [0.25, 0.3) is 0 Å². The topological polar surface area (TPSA) is 178 Å². The lowest BCUT2D eigenvalue weighted by molar-refractivity contribution is -0.0511. The number of aromatic nitrogens is 4. The molecule has 154 valence electrons. The predicted octanol–water partition coefficient (Wildman–Crippen LogP) is -0.743. The highest BCUT2D eigenvalue weighted by molar-refractivity contribution is 5.84. The number of aliphatic hydroxyl groups is 3. The van der Waals surface area contributed by atoms with Gasteiger partial charge in [0, 0.05) is 12.2 Å². The molecule has 1 aromatic carbocycles. The van der Waals surface area contributed by atoms with Gasteiger partial charge in [0.2, 0.25) is 5.95 Å². The summed E-state index contributed by atoms with van der Waals surface area (Å²) in [7, 11) is 0. The molecule has 3 heterocycles. The molecule has 2 aromatic heterocycles. The van der Waals surface area contributed by atoms with E-state index in [9.17, 15) is 15.3 Å². The average Bonchev–Trinajstić information content (AvgIpc) is 3.24. The van der Waals surface area contributed by atoms with Gasteiger partial charge >= 0.3 is 0 Å². The first-order valence-corrected chi connectivity index (χ1v) is 9.18. The van der Waals surface area contributed by atoms with Crippen LogP contribution in [0, 0.1) is 0 Å². The van der Waals surface area contributed by atoms with Gasteiger partial charge in [0.05, 0.1) is 12.9 Å². The fraction of sp³-hybridized carbons (Fsp3) is 0.389. The van der Waals surface area contributed by atoms with E-state index in [4.69, 9.17) is 16.2 Å². The summed E-state index contributed by atoms with van der Waals surface area (Å²) in [4.78, 5) is 12.7. The van der Waals surface area contributed by atoms with Gasteiger partial charge in [-0.3, -0.25) is 4.57 Å². The van der Waals surface area contributed by atoms with Crippen molar-refractivity contribution in [3.63, 3.8) is 0 Å². The Morgan fingerprint density at radius 1 is 1.10 bits per heavy atom. The fourth-order valence-corrected chi connectivity index (χ4v) is 3.36. The third kappa shape index (κ3) is 3.68. The standard InChI is InChI=1S/C18H23N7O4/c19-10-3-1-9(2-4-10)5-6-21-15-12-16(24-18(20)23-15)25(8-22-12)17-14(28)13(27)11(7-26)29-17/h1-4,8,11,13-14,17,26-28H,5-7,19H2,(H3,20,21,23,24)/t11-,13-,14-,17?/m1/s1. The molecule has 1 unspecified atom stereocenters. The van der Waals surface area contributed by atoms with Crippen LogP contribution in [0.25, 0.3) is 11.2 Å². The summed E-state index contributed by atoms with van der Waals surface area (Å²) in [5.41, 5.74) is 14.2. The van der Waals surface area contributed by atoms with Crippen LogP contribution in [0.5, 0.6) is 0 Å². The molecule has 1 fully saturated rings. The molecular weight excluding hydrogens is 378 g/mol. The molecule has 0 bridgehead atoms. The summed E-state index contributed by atoms with van der Waals surface area (Å²) >= 11 is 0. The largest absolute Gasteiger partial charge is 0.399 e. The quantitative estimate of drug-likeness (QED) is 0.288. The molecule has 1 saturated heterocycles. The molecule has 11 heteroatoms. The predicted molar refractivity (Wildman–Crippen MR) is 106 cm³/mol. The Morgan fingerprint density at radius 3 is 2.55 bits per heavy atom. The minimum atomic E-state index is -1.25. The maximum atomic E-state index is 10.3. The van der Waals surface area contributed by atoms with Crippen LogP contribution in [0.3, 0.4) is 0 Å². The van der Waals surface area contributed by atoms with Crippen molar-refractivity contribution in [1.29, 1.82) is 0 Å². The summed E-state index contributed by atoms with van der Waals surface area (Å²) in [6.45, 7) is 0.159. The number of nitrogen functional groups attached to an aromatic ring is 2. The molecule has 1 aliphatic heterocycles. The van der Waals surface area contributed by atoms with E-state index in [0.29, 0.717) is 29.2 Å². The zero-order chi connectivity index (χ0) is 20.5. The Morgan fingerprint density at radius 2 is 1.86 bits per heavy atom. The van der Waals surface area contributed by atoms with Crippen molar-refractivity contribution in [2.24, 2.45) is 0 Å². The number of hydrogen-bond donors (Lipinski definition) is 6. The molecule has 1 aliphatic rings. The Balaban J connectivity index is 1.56. The molecule has 0 spiro atoms. The molecule has 3 aromatic rings. The van der Waals surface area contributed by atoms with Crippen LogP contribution in [-0.2, 0) is 11.2 Å². The first kappa shape index (κ1) is 19.3. The minimum absolute atomic E-state index is 0.0287. The van der Waals surface area contributed by atoms with E-state index in [1.54, 1.807) is 0 Å². The number of nitrogens with two attached hydrogens (primary N) is 2. The molecular formula is C18H23N7O4. The van der Waals surface area contributed by atoms with Crippen molar-refractivity contribution in [3.05, 3.63) is 36.2 Å². The van der Waals surface area contributed by atoms with Gasteiger partial charge in [-0.2, -0.15) is 9.97 Å². The van der Waals surface area contributed by atoms with E-state index >= 15 is 0 Å². The van der Waals surface area contributed by atoms with Crippen molar-refractivity contribution in [2.45, 2.75) is 31.0 Å². The van der Waals surface area contributed by atoms with E-state index < -0.39 is 31.1 Å². The van der Waals surface area contributed by atoms with E-state index in [1.165, 1.54) is 10.9 Å². The van der Waals surface area contributed by atoms with Crippen LogP contribution >= 0.6 is 0 Å². The van der Waals surface area contributed by atoms with Crippen molar-refractivity contribution in [3.8, 4) is 0 Å². The molecule has 0 aliphatic carbocycles. The van der Waals surface area contributed by atoms with Gasteiger partial charge in [-0.1, -0.05) is 12.1 Å². The van der Waals surface area contributed by atoms with E-state index in [2.05, 4.69) is 20.3 Å². The van der Waals surface area contributed by atoms with Gasteiger partial charge in [0.15, 0.2) is 23.2 Å². The lowest BCUT2D eigenvalue weighted by Gasteiger charge is -2.16. The number of ether oxygens (including phenoxy) is 1. The van der Waals surface area contributed by atoms with E-state index in [-0.39, 0.29) is 5.95 Å². The zero-order valence-electron chi connectivity index (χ0n) is 15.5. The Hall–Kier alpha value is -2.99. The minimum Gasteiger partial charge on any atom is -0.399 e. The third-order valence-electron chi connectivity index (χ3n) is 4.92. The Labute approximate surface area is 166 Å². The van der Waals surface area contributed by atoms with Crippen LogP contribution in [0.15, 0.2) is 30.6 Å². The Kier molecular flexibility index (Phi) is 5.20. The third-order valence-corrected chi connectivity index (χ3v) is 4.92. The van der Waals surface area contributed by atoms with Crippen LogP contribution < -0.4 is 16.8 Å². The number of hydrogen-bond acceptors (Lipinski definition) is 10. The first-order chi connectivity index (χ1) is 14.0. The lowest BCUT2D eigenvalue weighted by atomic mass is 10.1. The SMILES string of the molecule is Nc1ccc(CCNc2nc(N)nc3c2ncn3C2O[C@H](CO)[C@@H](O)[C@H]2O)cc1. The van der Waals surface area contributed by atoms with Gasteiger partial charge in [0.1, 0.15) is 18.3 Å². The zero-order valence-corrected chi connectivity index (χ0v) is 15.5. The number of imidazole rings is 1. The van der Waals surface area contributed by atoms with Crippen LogP contribution in [0.4, 0.5) is 17.5 Å². The normalized spacial score (nSPS) is 24.2. The average molecular weight is 401 g/mol. The lowest BCUT2D eigenvalue weighted by Crippen LogP contribution is -2.33. The molecule has 0 amide bonds. The fourth-order valence-electron chi connectivity index (χ4n) is 3.36. The van der Waals surface area contributed by atoms with Crippen LogP contribution in [-0.4, -0.2) is 66.3 Å². The number of rotatable bonds is 6. The molecule has 0 radical (unpaired) electrons. The van der Waals surface area contributed by atoms with Crippen molar-refractivity contribution >= 4 is 28.6 Å². The molecule has 8 N–H and O–H groups in total. The molecule has 29 heavy (non-hydrogen) atoms. The monoisotopic (exact) mass is 401 g/mol. The summed E-state index contributed by atoms with van der Waals surface area (Å²) in [6.07, 6.45) is -2.15. The highest BCUT2D eigenvalue weighted by atomic mass is 16.6. The van der Waals surface area contributed by atoms with Crippen molar-refractivity contribution < 1.29 is 20.1 Å². The number of anilines is 3. The smallest absolute Gasteiger partial charge is 0.224 e. The highest BCUT2D eigenvalue weighted by Gasteiger charge is 2.44. The van der Waals surface area contributed by atoms with Crippen molar-refractivity contribution in [2.75, 3.05) is 29.9 Å². The molecule has 4 atom stereocenters. The van der Waals surface area contributed by atoms with Gasteiger partial charge in [-0.15, -0.1) is 0 Å². The number of nitrogens with zero attached hydrogens (tertiary/aromatic N) is 4. The van der Waals surface area contributed by atoms with Gasteiger partial charge < -0.3 is 36.8 Å². The number of benzene rings is 1. The molecule has 0 saturated carbocycles. The second kappa shape index (κ2) is 7.79. The summed E-state index contributed by atoms with van der Waals surface area (Å²) in [5.74, 6) is 0.481. The van der Waals surface area contributed by atoms with Gasteiger partial charge in [-0.05, 0) is 24.1 Å². The van der Waals surface area contributed by atoms with E-state index in [1.807, 2.05) is 24.3 Å². The second-order valence-corrected chi connectivity index (χ2v) is 6.90. The Bertz CT molecular complexity index is 994. The van der Waals surface area contributed by atoms with E-state index in [0.717, 1.165) is 12.0 Å². The van der Waals surface area contributed by atoms with Crippen molar-refractivity contribution in [1.82, 2.24) is 19.5 Å². The van der Waals surface area contributed by atoms with Gasteiger partial charge in [-0.25, -0.2) is 4.98 Å². The first-order valence-electron chi connectivity index (χ1n) is 9.18. The van der Waals surface area contributed by atoms with Crippen LogP contribution in [0.1, 0.15) is 11.8 Å². The maximum absolute atomic E-state index is 10.3. The second-order valence-electron chi connectivity index (χ2n) is 6.90. The molecule has 4 rings (SSSR count). The highest BCUT2D eigenvalue weighted by Crippen LogP contribution is 2.32.